The lowest BCUT2D eigenvalue weighted by Crippen LogP contribution is -2.22. The maximum Gasteiger partial charge on any atom is 0.291 e. The Morgan fingerprint density at radius 1 is 1.04 bits per heavy atom. The molecule has 0 spiro atoms. The van der Waals surface area contributed by atoms with E-state index in [1.165, 1.54) is 12.3 Å². The highest BCUT2D eigenvalue weighted by atomic mass is 35.5. The van der Waals surface area contributed by atoms with E-state index in [0.717, 1.165) is 5.56 Å². The van der Waals surface area contributed by atoms with Gasteiger partial charge >= 0.3 is 0 Å². The molecule has 0 saturated heterocycles. The molecule has 0 unspecified atom stereocenters. The molecule has 0 bridgehead atoms. The fraction of sp³-hybridized carbons (Fsp3) is 0.100. The molecular weight excluding hydrogens is 368 g/mol. The summed E-state index contributed by atoms with van der Waals surface area (Å²) in [5.74, 6) is -0.0340. The zero-order valence-corrected chi connectivity index (χ0v) is 15.2. The Morgan fingerprint density at radius 3 is 2.59 bits per heavy atom. The molecule has 0 radical (unpaired) electrons. The van der Waals surface area contributed by atoms with Gasteiger partial charge in [-0.15, -0.1) is 0 Å². The van der Waals surface area contributed by atoms with Crippen LogP contribution in [0.15, 0.2) is 65.3 Å². The third-order valence-electron chi connectivity index (χ3n) is 3.70. The number of amides is 2. The van der Waals surface area contributed by atoms with Crippen LogP contribution in [-0.4, -0.2) is 18.4 Å². The van der Waals surface area contributed by atoms with Gasteiger partial charge in [-0.3, -0.25) is 9.59 Å². The molecule has 138 valence electrons. The van der Waals surface area contributed by atoms with Gasteiger partial charge in [-0.2, -0.15) is 0 Å². The first-order valence-electron chi connectivity index (χ1n) is 8.15. The summed E-state index contributed by atoms with van der Waals surface area (Å²) < 4.78 is 10.6. The first-order valence-corrected chi connectivity index (χ1v) is 8.53. The van der Waals surface area contributed by atoms with Gasteiger partial charge in [0.1, 0.15) is 5.75 Å². The fourth-order valence-corrected chi connectivity index (χ4v) is 2.54. The second-order valence-corrected chi connectivity index (χ2v) is 6.16. The van der Waals surface area contributed by atoms with Gasteiger partial charge in [-0.1, -0.05) is 29.8 Å². The summed E-state index contributed by atoms with van der Waals surface area (Å²) in [5, 5.41) is 5.80. The molecule has 3 rings (SSSR count). The number of benzene rings is 2. The van der Waals surface area contributed by atoms with Crippen LogP contribution in [0.3, 0.4) is 0 Å². The molecule has 1 aromatic heterocycles. The van der Waals surface area contributed by atoms with E-state index < -0.39 is 5.91 Å². The number of hydrogen-bond donors (Lipinski definition) is 2. The van der Waals surface area contributed by atoms with E-state index in [1.807, 2.05) is 25.1 Å². The molecule has 2 N–H and O–H groups in total. The minimum absolute atomic E-state index is 0.148. The molecule has 27 heavy (non-hydrogen) atoms. The fourth-order valence-electron chi connectivity index (χ4n) is 2.37. The second kappa shape index (κ2) is 8.42. The monoisotopic (exact) mass is 384 g/mol. The van der Waals surface area contributed by atoms with Crippen LogP contribution in [0.25, 0.3) is 0 Å². The van der Waals surface area contributed by atoms with E-state index in [1.54, 1.807) is 30.3 Å². The van der Waals surface area contributed by atoms with Crippen LogP contribution in [0.5, 0.6) is 5.75 Å². The van der Waals surface area contributed by atoms with Crippen molar-refractivity contribution < 1.29 is 18.7 Å². The van der Waals surface area contributed by atoms with E-state index in [-0.39, 0.29) is 18.3 Å². The number of ether oxygens (including phenoxy) is 1. The second-order valence-electron chi connectivity index (χ2n) is 5.72. The maximum absolute atomic E-state index is 12.2. The van der Waals surface area contributed by atoms with Crippen molar-refractivity contribution in [3.05, 3.63) is 77.2 Å². The quantitative estimate of drug-likeness (QED) is 0.655. The van der Waals surface area contributed by atoms with Crippen LogP contribution in [-0.2, 0) is 4.79 Å². The molecule has 0 aliphatic heterocycles. The molecule has 7 heteroatoms. The topological polar surface area (TPSA) is 80.6 Å². The number of furan rings is 1. The normalized spacial score (nSPS) is 10.3. The van der Waals surface area contributed by atoms with Crippen molar-refractivity contribution >= 4 is 34.8 Å². The van der Waals surface area contributed by atoms with E-state index in [9.17, 15) is 9.59 Å². The first-order chi connectivity index (χ1) is 13.0. The summed E-state index contributed by atoms with van der Waals surface area (Å²) in [7, 11) is 0. The molecule has 6 nitrogen and oxygen atoms in total. The molecule has 1 heterocycles. The first kappa shape index (κ1) is 18.5. The molecule has 2 amide bonds. The van der Waals surface area contributed by atoms with Crippen molar-refractivity contribution in [1.82, 2.24) is 0 Å². The van der Waals surface area contributed by atoms with Gasteiger partial charge in [0, 0.05) is 5.02 Å². The van der Waals surface area contributed by atoms with Gasteiger partial charge in [-0.25, -0.2) is 0 Å². The predicted octanol–water partition coefficient (Wildman–Crippen LogP) is 4.51. The van der Waals surface area contributed by atoms with Crippen molar-refractivity contribution in [2.24, 2.45) is 0 Å². The molecule has 0 aliphatic rings. The average Bonchev–Trinajstić information content (AvgIpc) is 3.18. The molecule has 0 atom stereocenters. The summed E-state index contributed by atoms with van der Waals surface area (Å²) >= 11 is 6.01. The minimum Gasteiger partial charge on any atom is -0.483 e. The van der Waals surface area contributed by atoms with Crippen molar-refractivity contribution in [2.45, 2.75) is 6.92 Å². The Bertz CT molecular complexity index is 954. The lowest BCUT2D eigenvalue weighted by Gasteiger charge is -2.13. The Labute approximate surface area is 161 Å². The van der Waals surface area contributed by atoms with Crippen LogP contribution in [0, 0.1) is 6.92 Å². The van der Waals surface area contributed by atoms with Gasteiger partial charge in [0.25, 0.3) is 11.8 Å². The minimum atomic E-state index is -0.450. The van der Waals surface area contributed by atoms with Crippen molar-refractivity contribution in [1.29, 1.82) is 0 Å². The van der Waals surface area contributed by atoms with Crippen molar-refractivity contribution in [3.63, 3.8) is 0 Å². The van der Waals surface area contributed by atoms with E-state index in [4.69, 9.17) is 20.8 Å². The Balaban J connectivity index is 1.68. The average molecular weight is 385 g/mol. The molecule has 0 aliphatic carbocycles. The predicted molar refractivity (Wildman–Crippen MR) is 103 cm³/mol. The van der Waals surface area contributed by atoms with Gasteiger partial charge < -0.3 is 19.8 Å². The Hall–Kier alpha value is -3.25. The standard InChI is InChI=1S/C20H17ClN2O4/c1-13-5-2-3-6-17(13)27-12-19(24)22-15-9-8-14(21)11-16(15)23-20(25)18-7-4-10-26-18/h2-11H,12H2,1H3,(H,22,24)(H,23,25). The SMILES string of the molecule is Cc1ccccc1OCC(=O)Nc1ccc(Cl)cc1NC(=O)c1ccco1. The maximum atomic E-state index is 12.2. The lowest BCUT2D eigenvalue weighted by molar-refractivity contribution is -0.118. The van der Waals surface area contributed by atoms with Crippen LogP contribution >= 0.6 is 11.6 Å². The van der Waals surface area contributed by atoms with Crippen molar-refractivity contribution in [3.8, 4) is 5.75 Å². The van der Waals surface area contributed by atoms with Gasteiger partial charge in [0.2, 0.25) is 0 Å². The number of halogens is 1. The number of rotatable bonds is 6. The third-order valence-corrected chi connectivity index (χ3v) is 3.94. The van der Waals surface area contributed by atoms with Crippen LogP contribution < -0.4 is 15.4 Å². The number of carbonyl (C=O) groups excluding carboxylic acids is 2. The smallest absolute Gasteiger partial charge is 0.291 e. The highest BCUT2D eigenvalue weighted by Crippen LogP contribution is 2.26. The number of aryl methyl sites for hydroxylation is 1. The zero-order chi connectivity index (χ0) is 19.2. The summed E-state index contributed by atoms with van der Waals surface area (Å²) in [6.45, 7) is 1.73. The summed E-state index contributed by atoms with van der Waals surface area (Å²) in [6, 6.07) is 15.3. The van der Waals surface area contributed by atoms with Crippen LogP contribution in [0.1, 0.15) is 16.1 Å². The van der Waals surface area contributed by atoms with Gasteiger partial charge in [0.05, 0.1) is 17.6 Å². The highest BCUT2D eigenvalue weighted by Gasteiger charge is 2.14. The Kier molecular flexibility index (Phi) is 5.78. The van der Waals surface area contributed by atoms with Crippen LogP contribution in [0.4, 0.5) is 11.4 Å². The lowest BCUT2D eigenvalue weighted by atomic mass is 10.2. The number of carbonyl (C=O) groups is 2. The van der Waals surface area contributed by atoms with Gasteiger partial charge in [0.15, 0.2) is 12.4 Å². The highest BCUT2D eigenvalue weighted by molar-refractivity contribution is 6.31. The zero-order valence-electron chi connectivity index (χ0n) is 14.5. The van der Waals surface area contributed by atoms with E-state index in [0.29, 0.717) is 22.1 Å². The number of hydrogen-bond acceptors (Lipinski definition) is 4. The molecule has 0 fully saturated rings. The van der Waals surface area contributed by atoms with E-state index in [2.05, 4.69) is 10.6 Å². The third kappa shape index (κ3) is 4.89. The summed E-state index contributed by atoms with van der Waals surface area (Å²) in [4.78, 5) is 24.4. The van der Waals surface area contributed by atoms with Gasteiger partial charge in [-0.05, 0) is 48.9 Å². The van der Waals surface area contributed by atoms with Crippen molar-refractivity contribution in [2.75, 3.05) is 17.2 Å². The largest absolute Gasteiger partial charge is 0.483 e. The molecule has 3 aromatic rings. The molecule has 0 saturated carbocycles. The summed E-state index contributed by atoms with van der Waals surface area (Å²) in [5.41, 5.74) is 1.69. The molecular formula is C20H17ClN2O4. The van der Waals surface area contributed by atoms with E-state index >= 15 is 0 Å². The number of nitrogens with one attached hydrogen (secondary N) is 2. The number of anilines is 2. The summed E-state index contributed by atoms with van der Waals surface area (Å²) in [6.07, 6.45) is 1.40. The number of para-hydroxylation sites is 1. The van der Waals surface area contributed by atoms with Crippen LogP contribution in [0.2, 0.25) is 5.02 Å². The Morgan fingerprint density at radius 2 is 1.85 bits per heavy atom. The molecule has 2 aromatic carbocycles.